The Balaban J connectivity index is 1.96. The first-order chi connectivity index (χ1) is 10.6. The van der Waals surface area contributed by atoms with E-state index in [0.29, 0.717) is 11.3 Å². The molecule has 22 heavy (non-hydrogen) atoms. The van der Waals surface area contributed by atoms with E-state index in [0.717, 1.165) is 11.3 Å². The fourth-order valence-corrected chi connectivity index (χ4v) is 2.55. The van der Waals surface area contributed by atoms with Gasteiger partial charge in [-0.2, -0.15) is 0 Å². The van der Waals surface area contributed by atoms with Crippen LogP contribution >= 0.6 is 0 Å². The number of carbonyl (C=O) groups excluding carboxylic acids is 1. The Morgan fingerprint density at radius 2 is 1.86 bits per heavy atom. The lowest BCUT2D eigenvalue weighted by Crippen LogP contribution is -2.26. The number of Topliss-reactive ketones (excluding diaryl/α,β-unsaturated/α-hetero) is 1. The monoisotopic (exact) mass is 300 g/mol. The van der Waals surface area contributed by atoms with E-state index < -0.39 is 0 Å². The van der Waals surface area contributed by atoms with E-state index in [2.05, 4.69) is 0 Å². The van der Waals surface area contributed by atoms with Crippen LogP contribution in [-0.4, -0.2) is 31.7 Å². The Hall–Kier alpha value is -2.69. The van der Waals surface area contributed by atoms with Crippen molar-refractivity contribution >= 4 is 5.78 Å². The number of aromatic hydroxyl groups is 1. The molecule has 3 rings (SSSR count). The minimum absolute atomic E-state index is 0.0445. The van der Waals surface area contributed by atoms with Crippen LogP contribution in [-0.2, 0) is 0 Å². The van der Waals surface area contributed by atoms with Gasteiger partial charge in [0.05, 0.1) is 25.7 Å². The molecule has 0 saturated carbocycles. The first-order valence-corrected chi connectivity index (χ1v) is 6.86. The van der Waals surface area contributed by atoms with Crippen LogP contribution in [0.4, 0.5) is 0 Å². The summed E-state index contributed by atoms with van der Waals surface area (Å²) in [5, 5.41) is 9.76. The number of hydrogen-bond donors (Lipinski definition) is 1. The Morgan fingerprint density at radius 1 is 1.14 bits per heavy atom. The van der Waals surface area contributed by atoms with Gasteiger partial charge in [-0.05, 0) is 23.8 Å². The highest BCUT2D eigenvalue weighted by atomic mass is 16.5. The molecule has 0 aromatic heterocycles. The maximum Gasteiger partial charge on any atom is 0.177 e. The van der Waals surface area contributed by atoms with Crippen molar-refractivity contribution in [3.63, 3.8) is 0 Å². The number of phenolic OH excluding ortho intramolecular Hbond substituents is 1. The molecule has 1 aliphatic rings. The first-order valence-electron chi connectivity index (χ1n) is 6.86. The maximum absolute atomic E-state index is 12.7. The minimum Gasteiger partial charge on any atom is -0.504 e. The Kier molecular flexibility index (Phi) is 3.63. The lowest BCUT2D eigenvalue weighted by atomic mass is 9.89. The highest BCUT2D eigenvalue weighted by molar-refractivity contribution is 6.04. The highest BCUT2D eigenvalue weighted by Gasteiger charge is 2.31. The molecule has 0 unspecified atom stereocenters. The van der Waals surface area contributed by atoms with Crippen molar-refractivity contribution in [2.45, 2.75) is 5.92 Å². The van der Waals surface area contributed by atoms with Gasteiger partial charge in [0.1, 0.15) is 18.1 Å². The first kappa shape index (κ1) is 14.3. The van der Waals surface area contributed by atoms with E-state index in [9.17, 15) is 9.90 Å². The minimum atomic E-state index is -0.382. The van der Waals surface area contributed by atoms with Crippen molar-refractivity contribution in [2.24, 2.45) is 0 Å². The molecule has 0 saturated heterocycles. The van der Waals surface area contributed by atoms with Gasteiger partial charge in [-0.15, -0.1) is 0 Å². The SMILES string of the molecule is COc1ccc([C@H]2COc3cc(O)c(OC)cc3C2=O)cc1. The van der Waals surface area contributed by atoms with Crippen molar-refractivity contribution < 1.29 is 24.1 Å². The Labute approximate surface area is 128 Å². The van der Waals surface area contributed by atoms with Crippen LogP contribution in [0.3, 0.4) is 0 Å². The van der Waals surface area contributed by atoms with Gasteiger partial charge in [0.2, 0.25) is 0 Å². The van der Waals surface area contributed by atoms with E-state index in [1.807, 2.05) is 24.3 Å². The summed E-state index contributed by atoms with van der Waals surface area (Å²) in [5.74, 6) is 0.897. The molecule has 0 spiro atoms. The van der Waals surface area contributed by atoms with Gasteiger partial charge in [0, 0.05) is 6.07 Å². The van der Waals surface area contributed by atoms with Gasteiger partial charge in [0.15, 0.2) is 17.3 Å². The molecule has 2 aromatic carbocycles. The maximum atomic E-state index is 12.7. The summed E-state index contributed by atoms with van der Waals surface area (Å²) in [4.78, 5) is 12.7. The number of carbonyl (C=O) groups is 1. The summed E-state index contributed by atoms with van der Waals surface area (Å²) in [6.45, 7) is 0.240. The van der Waals surface area contributed by atoms with Crippen LogP contribution in [0.15, 0.2) is 36.4 Å². The van der Waals surface area contributed by atoms with Crippen LogP contribution in [0.1, 0.15) is 21.8 Å². The molecule has 1 aliphatic heterocycles. The quantitative estimate of drug-likeness (QED) is 0.944. The lowest BCUT2D eigenvalue weighted by Gasteiger charge is -2.25. The fourth-order valence-electron chi connectivity index (χ4n) is 2.55. The topological polar surface area (TPSA) is 65.0 Å². The van der Waals surface area contributed by atoms with Crippen LogP contribution in [0.5, 0.6) is 23.0 Å². The van der Waals surface area contributed by atoms with Crippen LogP contribution in [0.2, 0.25) is 0 Å². The lowest BCUT2D eigenvalue weighted by molar-refractivity contribution is 0.0895. The van der Waals surface area contributed by atoms with Gasteiger partial charge in [-0.3, -0.25) is 4.79 Å². The van der Waals surface area contributed by atoms with Crippen LogP contribution < -0.4 is 14.2 Å². The zero-order chi connectivity index (χ0) is 15.7. The Morgan fingerprint density at radius 3 is 2.50 bits per heavy atom. The average molecular weight is 300 g/mol. The van der Waals surface area contributed by atoms with Crippen molar-refractivity contribution in [3.8, 4) is 23.0 Å². The van der Waals surface area contributed by atoms with E-state index in [1.54, 1.807) is 7.11 Å². The third-order valence-corrected chi connectivity index (χ3v) is 3.79. The molecule has 5 heteroatoms. The molecular formula is C17H16O5. The van der Waals surface area contributed by atoms with Crippen molar-refractivity contribution in [2.75, 3.05) is 20.8 Å². The molecule has 0 radical (unpaired) electrons. The van der Waals surface area contributed by atoms with E-state index in [-0.39, 0.29) is 29.8 Å². The third-order valence-electron chi connectivity index (χ3n) is 3.79. The molecule has 1 heterocycles. The molecule has 1 N–H and O–H groups in total. The highest BCUT2D eigenvalue weighted by Crippen LogP contribution is 2.39. The molecule has 2 aromatic rings. The van der Waals surface area contributed by atoms with E-state index in [4.69, 9.17) is 14.2 Å². The number of fused-ring (bicyclic) bond motifs is 1. The van der Waals surface area contributed by atoms with Gasteiger partial charge >= 0.3 is 0 Å². The predicted octanol–water partition coefficient (Wildman–Crippen LogP) is 2.77. The standard InChI is InChI=1S/C17H16O5/c1-20-11-5-3-10(4-6-11)13-9-22-15-8-14(18)16(21-2)7-12(15)17(13)19/h3-8,13,18H,9H2,1-2H3/t13-/m1/s1. The second kappa shape index (κ2) is 5.60. The molecule has 0 amide bonds. The molecule has 1 atom stereocenters. The van der Waals surface area contributed by atoms with E-state index >= 15 is 0 Å². The van der Waals surface area contributed by atoms with Crippen molar-refractivity contribution in [3.05, 3.63) is 47.5 Å². The summed E-state index contributed by atoms with van der Waals surface area (Å²) >= 11 is 0. The van der Waals surface area contributed by atoms with Gasteiger partial charge in [-0.1, -0.05) is 12.1 Å². The molecule has 5 nitrogen and oxygen atoms in total. The summed E-state index contributed by atoms with van der Waals surface area (Å²) in [6, 6.07) is 10.3. The Bertz CT molecular complexity index is 706. The number of benzene rings is 2. The van der Waals surface area contributed by atoms with Crippen LogP contribution in [0, 0.1) is 0 Å². The number of rotatable bonds is 3. The zero-order valence-electron chi connectivity index (χ0n) is 12.3. The predicted molar refractivity (Wildman–Crippen MR) is 80.2 cm³/mol. The average Bonchev–Trinajstić information content (AvgIpc) is 2.55. The molecule has 0 bridgehead atoms. The number of ketones is 1. The van der Waals surface area contributed by atoms with Gasteiger partial charge in [0.25, 0.3) is 0 Å². The van der Waals surface area contributed by atoms with Gasteiger partial charge < -0.3 is 19.3 Å². The molecular weight excluding hydrogens is 284 g/mol. The van der Waals surface area contributed by atoms with Crippen LogP contribution in [0.25, 0.3) is 0 Å². The summed E-state index contributed by atoms with van der Waals surface area (Å²) in [6.07, 6.45) is 0. The number of ether oxygens (including phenoxy) is 3. The summed E-state index contributed by atoms with van der Waals surface area (Å²) in [7, 11) is 3.04. The normalized spacial score (nSPS) is 16.6. The largest absolute Gasteiger partial charge is 0.504 e. The third kappa shape index (κ3) is 2.35. The second-order valence-electron chi connectivity index (χ2n) is 5.02. The molecule has 114 valence electrons. The smallest absolute Gasteiger partial charge is 0.177 e. The molecule has 0 fully saturated rings. The molecule has 0 aliphatic carbocycles. The number of hydrogen-bond acceptors (Lipinski definition) is 5. The summed E-state index contributed by atoms with van der Waals surface area (Å²) < 4.78 is 15.8. The van der Waals surface area contributed by atoms with Crippen molar-refractivity contribution in [1.29, 1.82) is 0 Å². The van der Waals surface area contributed by atoms with E-state index in [1.165, 1.54) is 19.2 Å². The summed E-state index contributed by atoms with van der Waals surface area (Å²) in [5.41, 5.74) is 1.28. The fraction of sp³-hybridized carbons (Fsp3) is 0.235. The number of methoxy groups -OCH3 is 2. The zero-order valence-corrected chi connectivity index (χ0v) is 12.3. The van der Waals surface area contributed by atoms with Gasteiger partial charge in [-0.25, -0.2) is 0 Å². The number of phenols is 1. The second-order valence-corrected chi connectivity index (χ2v) is 5.02. The van der Waals surface area contributed by atoms with Crippen molar-refractivity contribution in [1.82, 2.24) is 0 Å².